The Morgan fingerprint density at radius 3 is 3.11 bits per heavy atom. The van der Waals surface area contributed by atoms with Crippen molar-refractivity contribution in [1.29, 1.82) is 0 Å². The largest absolute Gasteiger partial charge is 0.399 e. The molecule has 0 bridgehead atoms. The average molecular weight is 264 g/mol. The molecule has 19 heavy (non-hydrogen) atoms. The number of rotatable bonds is 5. The van der Waals surface area contributed by atoms with E-state index in [1.165, 1.54) is 6.42 Å². The Balaban J connectivity index is 1.67. The third kappa shape index (κ3) is 4.89. The Hall–Kier alpha value is -1.59. The smallest absolute Gasteiger partial charge is 0.250 e. The minimum atomic E-state index is -0.179. The number of carbonyl (C=O) groups is 1. The fraction of sp³-hybridized carbons (Fsp3) is 0.500. The highest BCUT2D eigenvalue weighted by molar-refractivity contribution is 5.92. The van der Waals surface area contributed by atoms with E-state index < -0.39 is 0 Å². The molecule has 0 radical (unpaired) electrons. The molecule has 1 unspecified atom stereocenters. The van der Waals surface area contributed by atoms with Gasteiger partial charge < -0.3 is 20.5 Å². The van der Waals surface area contributed by atoms with Gasteiger partial charge in [-0.3, -0.25) is 4.79 Å². The summed E-state index contributed by atoms with van der Waals surface area (Å²) < 4.78 is 10.9. The fourth-order valence-corrected chi connectivity index (χ4v) is 2.04. The van der Waals surface area contributed by atoms with Crippen molar-refractivity contribution in [3.8, 4) is 0 Å². The van der Waals surface area contributed by atoms with Crippen LogP contribution in [0.5, 0.6) is 0 Å². The number of carbonyl (C=O) groups excluding carboxylic acids is 1. The summed E-state index contributed by atoms with van der Waals surface area (Å²) in [5.41, 5.74) is 6.94. The van der Waals surface area contributed by atoms with E-state index in [9.17, 15) is 4.79 Å². The highest BCUT2D eigenvalue weighted by atomic mass is 16.5. The number of hydrogen-bond donors (Lipinski definition) is 2. The van der Waals surface area contributed by atoms with Gasteiger partial charge in [0.2, 0.25) is 5.91 Å². The summed E-state index contributed by atoms with van der Waals surface area (Å²) in [5.74, 6) is -0.179. The van der Waals surface area contributed by atoms with Gasteiger partial charge in [-0.15, -0.1) is 0 Å². The van der Waals surface area contributed by atoms with Crippen LogP contribution in [0.1, 0.15) is 19.3 Å². The minimum Gasteiger partial charge on any atom is -0.399 e. The van der Waals surface area contributed by atoms with Crippen molar-refractivity contribution in [3.05, 3.63) is 24.3 Å². The lowest BCUT2D eigenvalue weighted by atomic mass is 10.1. The quantitative estimate of drug-likeness (QED) is 0.795. The molecule has 1 aromatic carbocycles. The minimum absolute atomic E-state index is 0.0364. The molecule has 1 aromatic rings. The third-order valence-corrected chi connectivity index (χ3v) is 2.98. The highest BCUT2D eigenvalue weighted by Gasteiger charge is 2.14. The average Bonchev–Trinajstić information content (AvgIpc) is 2.40. The van der Waals surface area contributed by atoms with Gasteiger partial charge in [0.15, 0.2) is 0 Å². The predicted molar refractivity (Wildman–Crippen MR) is 73.9 cm³/mol. The monoisotopic (exact) mass is 264 g/mol. The van der Waals surface area contributed by atoms with E-state index in [4.69, 9.17) is 15.2 Å². The van der Waals surface area contributed by atoms with Gasteiger partial charge in [0, 0.05) is 18.0 Å². The second kappa shape index (κ2) is 7.11. The molecular formula is C14H20N2O3. The van der Waals surface area contributed by atoms with Crippen molar-refractivity contribution in [2.24, 2.45) is 0 Å². The molecule has 1 aliphatic heterocycles. The van der Waals surface area contributed by atoms with E-state index in [1.807, 2.05) is 0 Å². The van der Waals surface area contributed by atoms with Crippen molar-refractivity contribution >= 4 is 17.3 Å². The van der Waals surface area contributed by atoms with Crippen molar-refractivity contribution in [3.63, 3.8) is 0 Å². The SMILES string of the molecule is Nc1cccc(NC(=O)COCC2CCCCO2)c1. The molecular weight excluding hydrogens is 244 g/mol. The Morgan fingerprint density at radius 1 is 1.47 bits per heavy atom. The van der Waals surface area contributed by atoms with E-state index in [1.54, 1.807) is 24.3 Å². The molecule has 1 fully saturated rings. The van der Waals surface area contributed by atoms with Crippen molar-refractivity contribution in [2.75, 3.05) is 30.9 Å². The molecule has 1 atom stereocenters. The van der Waals surface area contributed by atoms with Gasteiger partial charge >= 0.3 is 0 Å². The van der Waals surface area contributed by atoms with Crippen molar-refractivity contribution in [2.45, 2.75) is 25.4 Å². The van der Waals surface area contributed by atoms with E-state index in [2.05, 4.69) is 5.32 Å². The van der Waals surface area contributed by atoms with Crippen molar-refractivity contribution in [1.82, 2.24) is 0 Å². The molecule has 2 rings (SSSR count). The van der Waals surface area contributed by atoms with Gasteiger partial charge in [0.25, 0.3) is 0 Å². The Morgan fingerprint density at radius 2 is 2.37 bits per heavy atom. The second-order valence-electron chi connectivity index (χ2n) is 4.68. The maximum atomic E-state index is 11.6. The number of nitrogens with one attached hydrogen (secondary N) is 1. The summed E-state index contributed by atoms with van der Waals surface area (Å²) in [6.07, 6.45) is 3.43. The van der Waals surface area contributed by atoms with Crippen LogP contribution in [0.4, 0.5) is 11.4 Å². The summed E-state index contributed by atoms with van der Waals surface area (Å²) in [6, 6.07) is 7.06. The standard InChI is InChI=1S/C14H20N2O3/c15-11-4-3-5-12(8-11)16-14(17)10-18-9-13-6-1-2-7-19-13/h3-5,8,13H,1-2,6-7,9-10,15H2,(H,16,17). The Labute approximate surface area is 113 Å². The first kappa shape index (κ1) is 13.8. The zero-order chi connectivity index (χ0) is 13.5. The summed E-state index contributed by atoms with van der Waals surface area (Å²) in [5, 5.41) is 2.74. The normalized spacial score (nSPS) is 19.1. The molecule has 0 saturated carbocycles. The third-order valence-electron chi connectivity index (χ3n) is 2.98. The van der Waals surface area contributed by atoms with Crippen LogP contribution in [0.2, 0.25) is 0 Å². The molecule has 0 aliphatic carbocycles. The van der Waals surface area contributed by atoms with Gasteiger partial charge in [-0.1, -0.05) is 6.07 Å². The summed E-state index contributed by atoms with van der Waals surface area (Å²) in [7, 11) is 0. The van der Waals surface area contributed by atoms with Crippen molar-refractivity contribution < 1.29 is 14.3 Å². The van der Waals surface area contributed by atoms with E-state index in [0.29, 0.717) is 18.0 Å². The van der Waals surface area contributed by atoms with Gasteiger partial charge in [0.1, 0.15) is 6.61 Å². The summed E-state index contributed by atoms with van der Waals surface area (Å²) >= 11 is 0. The first-order valence-electron chi connectivity index (χ1n) is 6.59. The topological polar surface area (TPSA) is 73.6 Å². The number of ether oxygens (including phenoxy) is 2. The van der Waals surface area contributed by atoms with E-state index in [-0.39, 0.29) is 18.6 Å². The second-order valence-corrected chi connectivity index (χ2v) is 4.68. The first-order valence-corrected chi connectivity index (χ1v) is 6.59. The molecule has 5 heteroatoms. The lowest BCUT2D eigenvalue weighted by Crippen LogP contribution is -2.27. The number of hydrogen-bond acceptors (Lipinski definition) is 4. The maximum Gasteiger partial charge on any atom is 0.250 e. The maximum absolute atomic E-state index is 11.6. The van der Waals surface area contributed by atoms with Crippen LogP contribution in [0.3, 0.4) is 0 Å². The van der Waals surface area contributed by atoms with Crippen LogP contribution in [-0.4, -0.2) is 31.8 Å². The lowest BCUT2D eigenvalue weighted by molar-refractivity contribution is -0.122. The molecule has 1 amide bonds. The number of benzene rings is 1. The predicted octanol–water partition coefficient (Wildman–Crippen LogP) is 1.79. The van der Waals surface area contributed by atoms with Gasteiger partial charge in [-0.25, -0.2) is 0 Å². The van der Waals surface area contributed by atoms with E-state index in [0.717, 1.165) is 19.4 Å². The molecule has 3 N–H and O–H groups in total. The number of anilines is 2. The lowest BCUT2D eigenvalue weighted by Gasteiger charge is -2.22. The fourth-order valence-electron chi connectivity index (χ4n) is 2.04. The molecule has 1 heterocycles. The first-order chi connectivity index (χ1) is 9.24. The number of amides is 1. The van der Waals surface area contributed by atoms with Crippen LogP contribution in [-0.2, 0) is 14.3 Å². The molecule has 0 aromatic heterocycles. The van der Waals surface area contributed by atoms with Crippen LogP contribution in [0.25, 0.3) is 0 Å². The van der Waals surface area contributed by atoms with Gasteiger partial charge in [0.05, 0.1) is 12.7 Å². The van der Waals surface area contributed by atoms with Crippen LogP contribution < -0.4 is 11.1 Å². The Kier molecular flexibility index (Phi) is 5.18. The highest BCUT2D eigenvalue weighted by Crippen LogP contribution is 2.13. The zero-order valence-electron chi connectivity index (χ0n) is 10.9. The molecule has 1 saturated heterocycles. The van der Waals surface area contributed by atoms with Crippen LogP contribution >= 0.6 is 0 Å². The zero-order valence-corrected chi connectivity index (χ0v) is 10.9. The molecule has 104 valence electrons. The van der Waals surface area contributed by atoms with E-state index >= 15 is 0 Å². The molecule has 5 nitrogen and oxygen atoms in total. The Bertz CT molecular complexity index is 417. The molecule has 0 spiro atoms. The van der Waals surface area contributed by atoms with Crippen LogP contribution in [0.15, 0.2) is 24.3 Å². The number of nitrogens with two attached hydrogens (primary N) is 1. The van der Waals surface area contributed by atoms with Crippen LogP contribution in [0, 0.1) is 0 Å². The summed E-state index contributed by atoms with van der Waals surface area (Å²) in [6.45, 7) is 1.31. The number of nitrogen functional groups attached to an aromatic ring is 1. The van der Waals surface area contributed by atoms with Gasteiger partial charge in [-0.2, -0.15) is 0 Å². The summed E-state index contributed by atoms with van der Waals surface area (Å²) in [4.78, 5) is 11.6. The van der Waals surface area contributed by atoms with Gasteiger partial charge in [-0.05, 0) is 37.5 Å². The molecule has 1 aliphatic rings.